The maximum Gasteiger partial charge on any atom is 0.0315 e. The molecule has 1 N–H and O–H groups in total. The number of hydrogen-bond acceptors (Lipinski definition) is 2. The molecule has 0 aromatic carbocycles. The topological polar surface area (TPSA) is 24.9 Å². The number of rotatable bonds is 5. The van der Waals surface area contributed by atoms with Crippen molar-refractivity contribution in [3.63, 3.8) is 0 Å². The highest BCUT2D eigenvalue weighted by molar-refractivity contribution is 5.21. The molecule has 1 aliphatic carbocycles. The minimum atomic E-state index is 0.635. The van der Waals surface area contributed by atoms with E-state index < -0.39 is 0 Å². The smallest absolute Gasteiger partial charge is 0.0315 e. The largest absolute Gasteiger partial charge is 0.312 e. The van der Waals surface area contributed by atoms with Crippen LogP contribution in [0, 0.1) is 12.3 Å². The SMILES string of the molecule is CCC1(CNCc2cnccc2C)CC1. The van der Waals surface area contributed by atoms with Gasteiger partial charge in [-0.05, 0) is 48.8 Å². The molecular weight excluding hydrogens is 184 g/mol. The maximum atomic E-state index is 4.16. The Bertz CT molecular complexity index is 329. The van der Waals surface area contributed by atoms with Gasteiger partial charge in [-0.1, -0.05) is 6.92 Å². The lowest BCUT2D eigenvalue weighted by atomic mass is 10.0. The monoisotopic (exact) mass is 204 g/mol. The Labute approximate surface area is 92.1 Å². The first-order valence-electron chi connectivity index (χ1n) is 5.86. The Balaban J connectivity index is 1.81. The molecule has 0 bridgehead atoms. The molecule has 2 heteroatoms. The molecule has 1 aromatic heterocycles. The van der Waals surface area contributed by atoms with Gasteiger partial charge in [-0.15, -0.1) is 0 Å². The second kappa shape index (κ2) is 4.31. The summed E-state index contributed by atoms with van der Waals surface area (Å²) in [5, 5.41) is 3.56. The minimum Gasteiger partial charge on any atom is -0.312 e. The van der Waals surface area contributed by atoms with Gasteiger partial charge in [0.15, 0.2) is 0 Å². The Morgan fingerprint density at radius 3 is 2.87 bits per heavy atom. The lowest BCUT2D eigenvalue weighted by Gasteiger charge is -2.13. The normalized spacial score (nSPS) is 17.7. The molecule has 1 aliphatic rings. The van der Waals surface area contributed by atoms with Crippen LogP contribution in [0.4, 0.5) is 0 Å². The van der Waals surface area contributed by atoms with E-state index in [-0.39, 0.29) is 0 Å². The van der Waals surface area contributed by atoms with Crippen molar-refractivity contribution in [2.45, 2.75) is 39.7 Å². The highest BCUT2D eigenvalue weighted by Gasteiger charge is 2.39. The van der Waals surface area contributed by atoms with E-state index in [0.717, 1.165) is 13.1 Å². The zero-order valence-electron chi connectivity index (χ0n) is 9.71. The highest BCUT2D eigenvalue weighted by atomic mass is 14.9. The average molecular weight is 204 g/mol. The third-order valence-electron chi connectivity index (χ3n) is 3.67. The van der Waals surface area contributed by atoms with Crippen molar-refractivity contribution < 1.29 is 0 Å². The molecule has 2 rings (SSSR count). The first kappa shape index (κ1) is 10.6. The van der Waals surface area contributed by atoms with Crippen LogP contribution >= 0.6 is 0 Å². The summed E-state index contributed by atoms with van der Waals surface area (Å²) < 4.78 is 0. The fourth-order valence-electron chi connectivity index (χ4n) is 1.98. The van der Waals surface area contributed by atoms with Gasteiger partial charge in [-0.3, -0.25) is 4.98 Å². The molecule has 0 radical (unpaired) electrons. The Morgan fingerprint density at radius 1 is 1.47 bits per heavy atom. The Morgan fingerprint density at radius 2 is 2.27 bits per heavy atom. The predicted molar refractivity (Wildman–Crippen MR) is 62.6 cm³/mol. The zero-order valence-corrected chi connectivity index (χ0v) is 9.71. The summed E-state index contributed by atoms with van der Waals surface area (Å²) in [6.07, 6.45) is 7.94. The summed E-state index contributed by atoms with van der Waals surface area (Å²) in [6.45, 7) is 6.56. The molecule has 1 heterocycles. The van der Waals surface area contributed by atoms with Crippen molar-refractivity contribution in [1.82, 2.24) is 10.3 Å². The lowest BCUT2D eigenvalue weighted by molar-refractivity contribution is 0.443. The van der Waals surface area contributed by atoms with E-state index in [1.165, 1.54) is 30.4 Å². The Hall–Kier alpha value is -0.890. The summed E-state index contributed by atoms with van der Waals surface area (Å²) in [5.41, 5.74) is 3.29. The van der Waals surface area contributed by atoms with E-state index in [0.29, 0.717) is 5.41 Å². The lowest BCUT2D eigenvalue weighted by Crippen LogP contribution is -2.23. The number of hydrogen-bond donors (Lipinski definition) is 1. The highest BCUT2D eigenvalue weighted by Crippen LogP contribution is 2.47. The molecule has 15 heavy (non-hydrogen) atoms. The van der Waals surface area contributed by atoms with Gasteiger partial charge < -0.3 is 5.32 Å². The second-order valence-corrected chi connectivity index (χ2v) is 4.76. The Kier molecular flexibility index (Phi) is 3.06. The van der Waals surface area contributed by atoms with Crippen molar-refractivity contribution in [1.29, 1.82) is 0 Å². The third-order valence-corrected chi connectivity index (χ3v) is 3.67. The molecule has 0 atom stereocenters. The first-order valence-corrected chi connectivity index (χ1v) is 5.86. The van der Waals surface area contributed by atoms with Gasteiger partial charge in [0.05, 0.1) is 0 Å². The van der Waals surface area contributed by atoms with Gasteiger partial charge in [0, 0.05) is 25.5 Å². The van der Waals surface area contributed by atoms with Gasteiger partial charge in [0.25, 0.3) is 0 Å². The van der Waals surface area contributed by atoms with Crippen LogP contribution in [0.1, 0.15) is 37.3 Å². The molecule has 82 valence electrons. The van der Waals surface area contributed by atoms with E-state index >= 15 is 0 Å². The van der Waals surface area contributed by atoms with Crippen LogP contribution in [-0.2, 0) is 6.54 Å². The van der Waals surface area contributed by atoms with E-state index in [1.54, 1.807) is 0 Å². The summed E-state index contributed by atoms with van der Waals surface area (Å²) in [6, 6.07) is 2.07. The van der Waals surface area contributed by atoms with Crippen molar-refractivity contribution in [2.24, 2.45) is 5.41 Å². The van der Waals surface area contributed by atoms with Crippen molar-refractivity contribution in [3.05, 3.63) is 29.6 Å². The van der Waals surface area contributed by atoms with E-state index in [1.807, 2.05) is 12.4 Å². The maximum absolute atomic E-state index is 4.16. The standard InChI is InChI=1S/C13H20N2/c1-3-13(5-6-13)10-15-9-12-8-14-7-4-11(12)2/h4,7-8,15H,3,5-6,9-10H2,1-2H3. The summed E-state index contributed by atoms with van der Waals surface area (Å²) >= 11 is 0. The number of pyridine rings is 1. The number of aryl methyl sites for hydroxylation is 1. The molecule has 0 saturated heterocycles. The van der Waals surface area contributed by atoms with E-state index in [4.69, 9.17) is 0 Å². The molecular formula is C13H20N2. The van der Waals surface area contributed by atoms with Crippen LogP contribution < -0.4 is 5.32 Å². The third kappa shape index (κ3) is 2.57. The molecule has 0 unspecified atom stereocenters. The van der Waals surface area contributed by atoms with Gasteiger partial charge >= 0.3 is 0 Å². The summed E-state index contributed by atoms with van der Waals surface area (Å²) in [5.74, 6) is 0. The van der Waals surface area contributed by atoms with Crippen LogP contribution in [0.3, 0.4) is 0 Å². The van der Waals surface area contributed by atoms with Crippen LogP contribution in [0.25, 0.3) is 0 Å². The quantitative estimate of drug-likeness (QED) is 0.797. The van der Waals surface area contributed by atoms with Gasteiger partial charge in [0.2, 0.25) is 0 Å². The number of nitrogens with one attached hydrogen (secondary N) is 1. The molecule has 0 aliphatic heterocycles. The van der Waals surface area contributed by atoms with Crippen LogP contribution in [0.15, 0.2) is 18.5 Å². The van der Waals surface area contributed by atoms with Gasteiger partial charge in [-0.25, -0.2) is 0 Å². The van der Waals surface area contributed by atoms with Crippen LogP contribution in [0.5, 0.6) is 0 Å². The van der Waals surface area contributed by atoms with Gasteiger partial charge in [0.1, 0.15) is 0 Å². The minimum absolute atomic E-state index is 0.635. The predicted octanol–water partition coefficient (Wildman–Crippen LogP) is 2.67. The molecule has 0 spiro atoms. The fourth-order valence-corrected chi connectivity index (χ4v) is 1.98. The van der Waals surface area contributed by atoms with Crippen LogP contribution in [0.2, 0.25) is 0 Å². The molecule has 0 amide bonds. The second-order valence-electron chi connectivity index (χ2n) is 4.76. The fraction of sp³-hybridized carbons (Fsp3) is 0.615. The molecule has 1 fully saturated rings. The van der Waals surface area contributed by atoms with Crippen molar-refractivity contribution in [2.75, 3.05) is 6.54 Å². The van der Waals surface area contributed by atoms with Gasteiger partial charge in [-0.2, -0.15) is 0 Å². The zero-order chi connectivity index (χ0) is 10.7. The summed E-state index contributed by atoms with van der Waals surface area (Å²) in [7, 11) is 0. The van der Waals surface area contributed by atoms with Crippen molar-refractivity contribution in [3.8, 4) is 0 Å². The molecule has 2 nitrogen and oxygen atoms in total. The van der Waals surface area contributed by atoms with E-state index in [2.05, 4.69) is 30.2 Å². The average Bonchev–Trinajstić information content (AvgIpc) is 3.02. The molecule has 1 saturated carbocycles. The van der Waals surface area contributed by atoms with E-state index in [9.17, 15) is 0 Å². The van der Waals surface area contributed by atoms with Crippen molar-refractivity contribution >= 4 is 0 Å². The summed E-state index contributed by atoms with van der Waals surface area (Å²) in [4.78, 5) is 4.16. The molecule has 1 aromatic rings. The van der Waals surface area contributed by atoms with Crippen LogP contribution in [-0.4, -0.2) is 11.5 Å². The number of aromatic nitrogens is 1. The first-order chi connectivity index (χ1) is 7.26. The number of nitrogens with zero attached hydrogens (tertiary/aromatic N) is 1.